The molecule has 140 valence electrons. The molecule has 0 aliphatic carbocycles. The normalized spacial score (nSPS) is 17.3. The summed E-state index contributed by atoms with van der Waals surface area (Å²) < 4.78 is 11.1. The Hall–Kier alpha value is -2.86. The van der Waals surface area contributed by atoms with E-state index in [-0.39, 0.29) is 5.91 Å². The van der Waals surface area contributed by atoms with Crippen molar-refractivity contribution < 1.29 is 19.2 Å². The highest BCUT2D eigenvalue weighted by Crippen LogP contribution is 2.31. The minimum Gasteiger partial charge on any atom is -0.486 e. The van der Waals surface area contributed by atoms with Crippen LogP contribution in [0.5, 0.6) is 11.5 Å². The molecule has 0 bridgehead atoms. The highest BCUT2D eigenvalue weighted by atomic mass is 16.6. The van der Waals surface area contributed by atoms with Crippen molar-refractivity contribution in [2.75, 3.05) is 39.4 Å². The van der Waals surface area contributed by atoms with E-state index < -0.39 is 0 Å². The Morgan fingerprint density at radius 2 is 1.81 bits per heavy atom. The monoisotopic (exact) mass is 366 g/mol. The molecule has 4 rings (SSSR count). The lowest BCUT2D eigenvalue weighted by molar-refractivity contribution is -0.917. The van der Waals surface area contributed by atoms with Crippen molar-refractivity contribution in [1.29, 1.82) is 0 Å². The van der Waals surface area contributed by atoms with Gasteiger partial charge in [-0.2, -0.15) is 0 Å². The maximum atomic E-state index is 12.5. The van der Waals surface area contributed by atoms with Crippen LogP contribution in [-0.4, -0.2) is 55.2 Å². The van der Waals surface area contributed by atoms with E-state index in [9.17, 15) is 4.79 Å². The molecule has 0 unspecified atom stereocenters. The van der Waals surface area contributed by atoms with Gasteiger partial charge in [0.05, 0.1) is 26.2 Å². The Morgan fingerprint density at radius 3 is 2.59 bits per heavy atom. The van der Waals surface area contributed by atoms with Crippen LogP contribution in [0.4, 0.5) is 0 Å². The zero-order valence-corrected chi connectivity index (χ0v) is 15.3. The number of nitrogens with one attached hydrogen (secondary N) is 1. The standard InChI is InChI=1S/C21H23N3O3/c25-21(4-2-17-1-3-19-20(15-17)27-14-13-26-19)24-11-9-23(10-12-24)16-18-5-7-22-8-6-18/h1-8,15H,9-14,16H2/p+1/b4-2+. The van der Waals surface area contributed by atoms with Gasteiger partial charge in [0, 0.05) is 24.0 Å². The number of rotatable bonds is 4. The Bertz CT molecular complexity index is 815. The zero-order valence-electron chi connectivity index (χ0n) is 15.3. The summed E-state index contributed by atoms with van der Waals surface area (Å²) in [7, 11) is 0. The molecule has 0 saturated carbocycles. The topological polar surface area (TPSA) is 56.1 Å². The number of benzene rings is 1. The molecule has 1 aromatic heterocycles. The third kappa shape index (κ3) is 4.46. The van der Waals surface area contributed by atoms with Crippen molar-refractivity contribution in [3.8, 4) is 11.5 Å². The molecular formula is C21H24N3O3+. The fourth-order valence-corrected chi connectivity index (χ4v) is 3.45. The molecule has 27 heavy (non-hydrogen) atoms. The molecule has 3 heterocycles. The molecule has 0 spiro atoms. The summed E-state index contributed by atoms with van der Waals surface area (Å²) in [6, 6.07) is 9.85. The van der Waals surface area contributed by atoms with Crippen LogP contribution >= 0.6 is 0 Å². The minimum absolute atomic E-state index is 0.0628. The molecule has 2 aliphatic rings. The molecule has 1 N–H and O–H groups in total. The predicted octanol–water partition coefficient (Wildman–Crippen LogP) is 0.793. The van der Waals surface area contributed by atoms with Crippen LogP contribution in [0.2, 0.25) is 0 Å². The van der Waals surface area contributed by atoms with Crippen LogP contribution in [0.25, 0.3) is 6.08 Å². The van der Waals surface area contributed by atoms with E-state index in [1.54, 1.807) is 6.08 Å². The van der Waals surface area contributed by atoms with Crippen molar-refractivity contribution in [2.24, 2.45) is 0 Å². The van der Waals surface area contributed by atoms with Gasteiger partial charge in [-0.25, -0.2) is 0 Å². The number of nitrogens with zero attached hydrogens (tertiary/aromatic N) is 2. The molecule has 6 nitrogen and oxygen atoms in total. The molecular weight excluding hydrogens is 342 g/mol. The maximum Gasteiger partial charge on any atom is 0.246 e. The zero-order chi connectivity index (χ0) is 18.5. The Kier molecular flexibility index (Phi) is 5.34. The van der Waals surface area contributed by atoms with Gasteiger partial charge in [0.25, 0.3) is 0 Å². The van der Waals surface area contributed by atoms with Crippen LogP contribution in [0, 0.1) is 0 Å². The lowest BCUT2D eigenvalue weighted by atomic mass is 10.1. The Morgan fingerprint density at radius 1 is 1.07 bits per heavy atom. The molecule has 2 aliphatic heterocycles. The highest BCUT2D eigenvalue weighted by Gasteiger charge is 2.22. The van der Waals surface area contributed by atoms with Gasteiger partial charge in [0.15, 0.2) is 11.5 Å². The lowest BCUT2D eigenvalue weighted by Gasteiger charge is -2.31. The van der Waals surface area contributed by atoms with E-state index in [0.717, 1.165) is 49.8 Å². The van der Waals surface area contributed by atoms with E-state index in [0.29, 0.717) is 13.2 Å². The second-order valence-corrected chi connectivity index (χ2v) is 6.84. The van der Waals surface area contributed by atoms with Crippen molar-refractivity contribution in [1.82, 2.24) is 9.88 Å². The Balaban J connectivity index is 1.30. The second-order valence-electron chi connectivity index (χ2n) is 6.84. The SMILES string of the molecule is O=C(/C=C/c1ccc2c(c1)OCCO2)N1CC[NH+](Cc2ccncc2)CC1. The number of hydrogen-bond donors (Lipinski definition) is 1. The van der Waals surface area contributed by atoms with E-state index in [1.165, 1.54) is 10.5 Å². The fourth-order valence-electron chi connectivity index (χ4n) is 3.45. The third-order valence-corrected chi connectivity index (χ3v) is 4.97. The summed E-state index contributed by atoms with van der Waals surface area (Å²) in [5.74, 6) is 1.56. The molecule has 0 atom stereocenters. The smallest absolute Gasteiger partial charge is 0.246 e. The van der Waals surface area contributed by atoms with E-state index in [2.05, 4.69) is 17.1 Å². The first-order chi connectivity index (χ1) is 13.3. The minimum atomic E-state index is 0.0628. The lowest BCUT2D eigenvalue weighted by Crippen LogP contribution is -3.13. The number of ether oxygens (including phenoxy) is 2. The summed E-state index contributed by atoms with van der Waals surface area (Å²) in [4.78, 5) is 20.0. The van der Waals surface area contributed by atoms with Gasteiger partial charge in [-0.1, -0.05) is 6.07 Å². The highest BCUT2D eigenvalue weighted by molar-refractivity contribution is 5.91. The van der Waals surface area contributed by atoms with E-state index >= 15 is 0 Å². The van der Waals surface area contributed by atoms with Crippen molar-refractivity contribution in [3.05, 3.63) is 59.9 Å². The number of carbonyl (C=O) groups excluding carboxylic acids is 1. The first-order valence-corrected chi connectivity index (χ1v) is 9.37. The molecule has 1 fully saturated rings. The van der Waals surface area contributed by atoms with Crippen LogP contribution < -0.4 is 14.4 Å². The van der Waals surface area contributed by atoms with Crippen LogP contribution in [0.15, 0.2) is 48.8 Å². The molecule has 2 aromatic rings. The summed E-state index contributed by atoms with van der Waals surface area (Å²) in [6.45, 7) is 5.62. The predicted molar refractivity (Wildman–Crippen MR) is 102 cm³/mol. The molecule has 1 aromatic carbocycles. The van der Waals surface area contributed by atoms with E-state index in [1.807, 2.05) is 41.6 Å². The molecule has 1 amide bonds. The number of quaternary nitrogens is 1. The van der Waals surface area contributed by atoms with Gasteiger partial charge < -0.3 is 19.3 Å². The van der Waals surface area contributed by atoms with Gasteiger partial charge in [0.2, 0.25) is 5.91 Å². The van der Waals surface area contributed by atoms with Crippen LogP contribution in [0.3, 0.4) is 0 Å². The number of fused-ring (bicyclic) bond motifs is 1. The quantitative estimate of drug-likeness (QED) is 0.813. The van der Waals surface area contributed by atoms with Crippen molar-refractivity contribution >= 4 is 12.0 Å². The number of aromatic nitrogens is 1. The summed E-state index contributed by atoms with van der Waals surface area (Å²) in [5, 5.41) is 0. The molecule has 6 heteroatoms. The number of amides is 1. The average molecular weight is 366 g/mol. The summed E-state index contributed by atoms with van der Waals surface area (Å²) in [5.41, 5.74) is 2.23. The molecule has 1 saturated heterocycles. The number of carbonyl (C=O) groups is 1. The first kappa shape index (κ1) is 17.5. The van der Waals surface area contributed by atoms with Gasteiger partial charge in [-0.05, 0) is 35.9 Å². The largest absolute Gasteiger partial charge is 0.486 e. The summed E-state index contributed by atoms with van der Waals surface area (Å²) >= 11 is 0. The van der Waals surface area contributed by atoms with Gasteiger partial charge in [-0.3, -0.25) is 9.78 Å². The third-order valence-electron chi connectivity index (χ3n) is 4.97. The van der Waals surface area contributed by atoms with Gasteiger partial charge >= 0.3 is 0 Å². The van der Waals surface area contributed by atoms with Gasteiger partial charge in [-0.15, -0.1) is 0 Å². The van der Waals surface area contributed by atoms with E-state index in [4.69, 9.17) is 9.47 Å². The number of hydrogen-bond acceptors (Lipinski definition) is 4. The fraction of sp³-hybridized carbons (Fsp3) is 0.333. The van der Waals surface area contributed by atoms with Crippen LogP contribution in [-0.2, 0) is 11.3 Å². The Labute approximate surface area is 159 Å². The maximum absolute atomic E-state index is 12.5. The molecule has 0 radical (unpaired) electrons. The number of pyridine rings is 1. The average Bonchev–Trinajstić information content (AvgIpc) is 2.73. The summed E-state index contributed by atoms with van der Waals surface area (Å²) in [6.07, 6.45) is 7.16. The second kappa shape index (κ2) is 8.22. The first-order valence-electron chi connectivity index (χ1n) is 9.37. The van der Waals surface area contributed by atoms with Crippen molar-refractivity contribution in [2.45, 2.75) is 6.54 Å². The van der Waals surface area contributed by atoms with Crippen molar-refractivity contribution in [3.63, 3.8) is 0 Å². The van der Waals surface area contributed by atoms with Gasteiger partial charge in [0.1, 0.15) is 19.8 Å². The number of piperazine rings is 1. The van der Waals surface area contributed by atoms with Crippen LogP contribution in [0.1, 0.15) is 11.1 Å².